The van der Waals surface area contributed by atoms with Crippen LogP contribution >= 0.6 is 0 Å². The van der Waals surface area contributed by atoms with Crippen molar-refractivity contribution in [1.29, 1.82) is 0 Å². The highest BCUT2D eigenvalue weighted by molar-refractivity contribution is 7.89. The van der Waals surface area contributed by atoms with E-state index in [0.717, 1.165) is 5.56 Å². The topological polar surface area (TPSA) is 90.5 Å². The summed E-state index contributed by atoms with van der Waals surface area (Å²) in [4.78, 5) is 0.194. The molecule has 8 heteroatoms. The minimum absolute atomic E-state index is 0.00418. The highest BCUT2D eigenvalue weighted by Gasteiger charge is 2.38. The second kappa shape index (κ2) is 7.02. The van der Waals surface area contributed by atoms with Crippen LogP contribution in [0.15, 0.2) is 47.6 Å². The molecule has 0 amide bonds. The maximum Gasteiger partial charge on any atom is 0.246 e. The number of benzene rings is 1. The third kappa shape index (κ3) is 3.36. The third-order valence-corrected chi connectivity index (χ3v) is 6.12. The smallest absolute Gasteiger partial charge is 0.246 e. The van der Waals surface area contributed by atoms with Gasteiger partial charge in [-0.1, -0.05) is 30.3 Å². The molecule has 1 fully saturated rings. The SMILES string of the molecule is COCCn1cc(S(=O)(=O)N2C[C@@H](N)[C@H](c3ccccc3)C2)cn1. The molecule has 0 unspecified atom stereocenters. The van der Waals surface area contributed by atoms with Gasteiger partial charge in [-0.15, -0.1) is 0 Å². The standard InChI is InChI=1S/C16H22N4O3S/c1-23-8-7-19-10-14(9-18-19)24(21,22)20-11-15(16(17)12-20)13-5-3-2-4-6-13/h2-6,9-10,15-16H,7-8,11-12,17H2,1H3/t15-,16+/m0/s1. The minimum atomic E-state index is -3.59. The molecule has 1 aromatic carbocycles. The summed E-state index contributed by atoms with van der Waals surface area (Å²) in [5.74, 6) is 0.00418. The van der Waals surface area contributed by atoms with Crippen LogP contribution in [0.25, 0.3) is 0 Å². The van der Waals surface area contributed by atoms with E-state index in [1.165, 1.54) is 16.7 Å². The Morgan fingerprint density at radius 2 is 2.04 bits per heavy atom. The molecule has 2 N–H and O–H groups in total. The lowest BCUT2D eigenvalue weighted by atomic mass is 9.95. The van der Waals surface area contributed by atoms with Crippen molar-refractivity contribution in [2.75, 3.05) is 26.8 Å². The fraction of sp³-hybridized carbons (Fsp3) is 0.438. The summed E-state index contributed by atoms with van der Waals surface area (Å²) in [6.45, 7) is 1.69. The van der Waals surface area contributed by atoms with Gasteiger partial charge in [0.2, 0.25) is 10.0 Å². The maximum atomic E-state index is 12.8. The van der Waals surface area contributed by atoms with E-state index in [2.05, 4.69) is 5.10 Å². The van der Waals surface area contributed by atoms with Crippen molar-refractivity contribution in [3.05, 3.63) is 48.3 Å². The monoisotopic (exact) mass is 350 g/mol. The Morgan fingerprint density at radius 3 is 2.75 bits per heavy atom. The second-order valence-electron chi connectivity index (χ2n) is 5.93. The van der Waals surface area contributed by atoms with Crippen LogP contribution in [0.3, 0.4) is 0 Å². The fourth-order valence-corrected chi connectivity index (χ4v) is 4.43. The van der Waals surface area contributed by atoms with Crippen molar-refractivity contribution in [2.24, 2.45) is 5.73 Å². The lowest BCUT2D eigenvalue weighted by Crippen LogP contribution is -2.32. The first-order valence-corrected chi connectivity index (χ1v) is 9.28. The molecule has 2 atom stereocenters. The maximum absolute atomic E-state index is 12.8. The average molecular weight is 350 g/mol. The van der Waals surface area contributed by atoms with Crippen molar-refractivity contribution in [3.8, 4) is 0 Å². The fourth-order valence-electron chi connectivity index (χ4n) is 2.97. The van der Waals surface area contributed by atoms with Crippen LogP contribution in [0.5, 0.6) is 0 Å². The largest absolute Gasteiger partial charge is 0.383 e. The summed E-state index contributed by atoms with van der Waals surface area (Å²) < 4.78 is 33.7. The Morgan fingerprint density at radius 1 is 1.29 bits per heavy atom. The Hall–Kier alpha value is -1.74. The summed E-state index contributed by atoms with van der Waals surface area (Å²) in [5.41, 5.74) is 7.27. The van der Waals surface area contributed by atoms with Gasteiger partial charge in [0.1, 0.15) is 4.90 Å². The number of nitrogens with two attached hydrogens (primary N) is 1. The molecule has 0 spiro atoms. The van der Waals surface area contributed by atoms with Crippen LogP contribution in [0, 0.1) is 0 Å². The first kappa shape index (κ1) is 17.1. The van der Waals surface area contributed by atoms with Gasteiger partial charge in [0.25, 0.3) is 0 Å². The zero-order valence-electron chi connectivity index (χ0n) is 13.6. The van der Waals surface area contributed by atoms with Crippen molar-refractivity contribution in [2.45, 2.75) is 23.4 Å². The molecule has 1 aromatic heterocycles. The van der Waals surface area contributed by atoms with E-state index in [0.29, 0.717) is 26.2 Å². The third-order valence-electron chi connectivity index (χ3n) is 4.33. The van der Waals surface area contributed by atoms with Crippen LogP contribution in [-0.2, 0) is 21.3 Å². The quantitative estimate of drug-likeness (QED) is 0.826. The van der Waals surface area contributed by atoms with Gasteiger partial charge in [0.15, 0.2) is 0 Å². The van der Waals surface area contributed by atoms with Gasteiger partial charge in [0.05, 0.1) is 19.3 Å². The molecular weight excluding hydrogens is 328 g/mol. The van der Waals surface area contributed by atoms with Crippen LogP contribution < -0.4 is 5.73 Å². The average Bonchev–Trinajstić information content (AvgIpc) is 3.21. The number of methoxy groups -OCH3 is 1. The van der Waals surface area contributed by atoms with Crippen LogP contribution in [0.1, 0.15) is 11.5 Å². The van der Waals surface area contributed by atoms with E-state index in [-0.39, 0.29) is 16.9 Å². The summed E-state index contributed by atoms with van der Waals surface area (Å²) in [7, 11) is -1.99. The molecule has 0 bridgehead atoms. The van der Waals surface area contributed by atoms with E-state index < -0.39 is 10.0 Å². The summed E-state index contributed by atoms with van der Waals surface area (Å²) in [6, 6.07) is 9.59. The molecule has 0 radical (unpaired) electrons. The normalized spacial score (nSPS) is 22.1. The summed E-state index contributed by atoms with van der Waals surface area (Å²) >= 11 is 0. The van der Waals surface area contributed by atoms with Crippen molar-refractivity contribution >= 4 is 10.0 Å². The predicted octanol–water partition coefficient (Wildman–Crippen LogP) is 0.645. The highest BCUT2D eigenvalue weighted by Crippen LogP contribution is 2.30. The van der Waals surface area contributed by atoms with E-state index in [1.807, 2.05) is 30.3 Å². The Bertz CT molecular complexity index is 776. The first-order chi connectivity index (χ1) is 11.5. The predicted molar refractivity (Wildman–Crippen MR) is 90.0 cm³/mol. The summed E-state index contributed by atoms with van der Waals surface area (Å²) in [5, 5.41) is 4.09. The lowest BCUT2D eigenvalue weighted by Gasteiger charge is -2.15. The molecule has 130 valence electrons. The molecule has 2 heterocycles. The molecule has 24 heavy (non-hydrogen) atoms. The highest BCUT2D eigenvalue weighted by atomic mass is 32.2. The Labute approximate surface area is 142 Å². The molecule has 1 aliphatic heterocycles. The molecule has 1 aliphatic rings. The van der Waals surface area contributed by atoms with Crippen molar-refractivity contribution in [3.63, 3.8) is 0 Å². The number of hydrogen-bond acceptors (Lipinski definition) is 5. The van der Waals surface area contributed by atoms with Gasteiger partial charge in [-0.05, 0) is 5.56 Å². The Kier molecular flexibility index (Phi) is 5.00. The molecule has 3 rings (SSSR count). The van der Waals surface area contributed by atoms with Gasteiger partial charge < -0.3 is 10.5 Å². The zero-order chi connectivity index (χ0) is 17.2. The molecule has 1 saturated heterocycles. The molecule has 7 nitrogen and oxygen atoms in total. The number of nitrogens with zero attached hydrogens (tertiary/aromatic N) is 3. The summed E-state index contributed by atoms with van der Waals surface area (Å²) in [6.07, 6.45) is 2.92. The van der Waals surface area contributed by atoms with Crippen molar-refractivity contribution in [1.82, 2.24) is 14.1 Å². The Balaban J connectivity index is 1.77. The van der Waals surface area contributed by atoms with Crippen LogP contribution in [-0.4, -0.2) is 55.4 Å². The lowest BCUT2D eigenvalue weighted by molar-refractivity contribution is 0.183. The zero-order valence-corrected chi connectivity index (χ0v) is 14.4. The van der Waals surface area contributed by atoms with E-state index in [9.17, 15) is 8.42 Å². The molecule has 0 saturated carbocycles. The van der Waals surface area contributed by atoms with Crippen LogP contribution in [0.4, 0.5) is 0 Å². The molecular formula is C16H22N4O3S. The van der Waals surface area contributed by atoms with E-state index >= 15 is 0 Å². The van der Waals surface area contributed by atoms with Crippen molar-refractivity contribution < 1.29 is 13.2 Å². The van der Waals surface area contributed by atoms with Crippen LogP contribution in [0.2, 0.25) is 0 Å². The molecule has 0 aliphatic carbocycles. The van der Waals surface area contributed by atoms with E-state index in [4.69, 9.17) is 10.5 Å². The number of rotatable bonds is 6. The second-order valence-corrected chi connectivity index (χ2v) is 7.87. The number of sulfonamides is 1. The molecule has 2 aromatic rings. The van der Waals surface area contributed by atoms with Gasteiger partial charge in [-0.3, -0.25) is 4.68 Å². The number of aromatic nitrogens is 2. The van der Waals surface area contributed by atoms with Gasteiger partial charge in [-0.2, -0.15) is 9.40 Å². The van der Waals surface area contributed by atoms with Gasteiger partial charge >= 0.3 is 0 Å². The first-order valence-electron chi connectivity index (χ1n) is 7.84. The minimum Gasteiger partial charge on any atom is -0.383 e. The van der Waals surface area contributed by atoms with E-state index in [1.54, 1.807) is 11.8 Å². The van der Waals surface area contributed by atoms with Gasteiger partial charge in [-0.25, -0.2) is 8.42 Å². The van der Waals surface area contributed by atoms with Gasteiger partial charge in [0, 0.05) is 38.4 Å². The number of hydrogen-bond donors (Lipinski definition) is 1. The number of ether oxygens (including phenoxy) is 1.